The van der Waals surface area contributed by atoms with Crippen LogP contribution in [0.4, 0.5) is 11.4 Å². The maximum absolute atomic E-state index is 11.7. The van der Waals surface area contributed by atoms with Crippen LogP contribution in [0, 0.1) is 10.1 Å². The Morgan fingerprint density at radius 1 is 1.39 bits per heavy atom. The van der Waals surface area contributed by atoms with E-state index in [0.29, 0.717) is 18.7 Å². The van der Waals surface area contributed by atoms with Crippen molar-refractivity contribution in [3.8, 4) is 0 Å². The molecule has 0 N–H and O–H groups in total. The van der Waals surface area contributed by atoms with Crippen molar-refractivity contribution in [2.45, 2.75) is 19.8 Å². The molecule has 6 nitrogen and oxygen atoms in total. The van der Waals surface area contributed by atoms with Gasteiger partial charge in [0, 0.05) is 18.7 Å². The number of nitro groups is 1. The van der Waals surface area contributed by atoms with Crippen molar-refractivity contribution < 1.29 is 13.3 Å². The Morgan fingerprint density at radius 2 is 2.06 bits per heavy atom. The van der Waals surface area contributed by atoms with Gasteiger partial charge in [0.25, 0.3) is 5.69 Å². The number of non-ortho nitro benzene ring substituents is 1. The fraction of sp³-hybridized carbons (Fsp3) is 0.455. The minimum atomic E-state index is -3.42. The molecule has 0 atom stereocenters. The number of hydrogen-bond acceptors (Lipinski definition) is 4. The normalized spacial score (nSPS) is 11.2. The van der Waals surface area contributed by atoms with Gasteiger partial charge in [-0.25, -0.2) is 8.42 Å². The monoisotopic (exact) mass is 272 g/mol. The van der Waals surface area contributed by atoms with E-state index >= 15 is 0 Å². The Balaban J connectivity index is 3.13. The summed E-state index contributed by atoms with van der Waals surface area (Å²) in [5.74, 6) is 0. The van der Waals surface area contributed by atoms with Crippen LogP contribution in [0.1, 0.15) is 19.8 Å². The molecular formula is C11H16N2O4S. The minimum Gasteiger partial charge on any atom is -0.270 e. The van der Waals surface area contributed by atoms with Crippen molar-refractivity contribution >= 4 is 21.4 Å². The number of hydrogen-bond donors (Lipinski definition) is 0. The van der Waals surface area contributed by atoms with Crippen LogP contribution >= 0.6 is 0 Å². The number of anilines is 1. The molecule has 0 radical (unpaired) electrons. The van der Waals surface area contributed by atoms with Gasteiger partial charge in [-0.3, -0.25) is 14.4 Å². The maximum atomic E-state index is 11.7. The van der Waals surface area contributed by atoms with Crippen molar-refractivity contribution in [1.29, 1.82) is 0 Å². The molecule has 1 rings (SSSR count). The first kappa shape index (κ1) is 14.4. The quantitative estimate of drug-likeness (QED) is 0.587. The predicted molar refractivity (Wildman–Crippen MR) is 70.2 cm³/mol. The maximum Gasteiger partial charge on any atom is 0.271 e. The summed E-state index contributed by atoms with van der Waals surface area (Å²) in [6.07, 6.45) is 2.65. The summed E-state index contributed by atoms with van der Waals surface area (Å²) in [7, 11) is -3.42. The second-order valence-electron chi connectivity index (χ2n) is 3.97. The van der Waals surface area contributed by atoms with Gasteiger partial charge in [-0.15, -0.1) is 0 Å². The molecule has 18 heavy (non-hydrogen) atoms. The number of nitrogens with zero attached hydrogens (tertiary/aromatic N) is 2. The van der Waals surface area contributed by atoms with E-state index in [1.165, 1.54) is 22.5 Å². The van der Waals surface area contributed by atoms with Crippen LogP contribution < -0.4 is 4.31 Å². The second-order valence-corrected chi connectivity index (χ2v) is 5.87. The topological polar surface area (TPSA) is 80.5 Å². The average Bonchev–Trinajstić information content (AvgIpc) is 2.28. The first-order valence-electron chi connectivity index (χ1n) is 5.58. The molecule has 0 aliphatic heterocycles. The lowest BCUT2D eigenvalue weighted by Gasteiger charge is -2.21. The molecule has 0 bridgehead atoms. The van der Waals surface area contributed by atoms with Crippen molar-refractivity contribution in [3.05, 3.63) is 34.4 Å². The van der Waals surface area contributed by atoms with Crippen molar-refractivity contribution in [3.63, 3.8) is 0 Å². The van der Waals surface area contributed by atoms with E-state index in [-0.39, 0.29) is 5.69 Å². The van der Waals surface area contributed by atoms with E-state index in [2.05, 4.69) is 0 Å². The number of benzene rings is 1. The highest BCUT2D eigenvalue weighted by atomic mass is 32.2. The molecule has 0 saturated carbocycles. The van der Waals surface area contributed by atoms with Gasteiger partial charge in [0.15, 0.2) is 0 Å². The SMILES string of the molecule is CCCCN(c1cccc([N+](=O)[O-])c1)S(C)(=O)=O. The summed E-state index contributed by atoms with van der Waals surface area (Å²) in [6, 6.07) is 5.65. The summed E-state index contributed by atoms with van der Waals surface area (Å²) in [5.41, 5.74) is 0.220. The van der Waals surface area contributed by atoms with E-state index in [1.54, 1.807) is 6.07 Å². The fourth-order valence-electron chi connectivity index (χ4n) is 1.55. The van der Waals surface area contributed by atoms with Crippen LogP contribution in [0.15, 0.2) is 24.3 Å². The average molecular weight is 272 g/mol. The molecule has 0 saturated heterocycles. The molecular weight excluding hydrogens is 256 g/mol. The highest BCUT2D eigenvalue weighted by Gasteiger charge is 2.18. The Hall–Kier alpha value is -1.63. The van der Waals surface area contributed by atoms with E-state index in [0.717, 1.165) is 12.7 Å². The number of rotatable bonds is 6. The largest absolute Gasteiger partial charge is 0.271 e. The van der Waals surface area contributed by atoms with E-state index in [9.17, 15) is 18.5 Å². The zero-order valence-corrected chi connectivity index (χ0v) is 11.2. The molecule has 0 aromatic heterocycles. The van der Waals surface area contributed by atoms with E-state index in [1.807, 2.05) is 6.92 Å². The highest BCUT2D eigenvalue weighted by molar-refractivity contribution is 7.92. The molecule has 0 fully saturated rings. The first-order valence-corrected chi connectivity index (χ1v) is 7.43. The Bertz CT molecular complexity index is 528. The van der Waals surface area contributed by atoms with Crippen LogP contribution in [-0.2, 0) is 10.0 Å². The zero-order valence-electron chi connectivity index (χ0n) is 10.4. The molecule has 1 aromatic rings. The van der Waals surface area contributed by atoms with E-state index in [4.69, 9.17) is 0 Å². The summed E-state index contributed by atoms with van der Waals surface area (Å²) in [4.78, 5) is 10.1. The van der Waals surface area contributed by atoms with Gasteiger partial charge >= 0.3 is 0 Å². The molecule has 7 heteroatoms. The van der Waals surface area contributed by atoms with Gasteiger partial charge in [-0.1, -0.05) is 19.4 Å². The first-order chi connectivity index (χ1) is 8.36. The zero-order chi connectivity index (χ0) is 13.8. The van der Waals surface area contributed by atoms with Gasteiger partial charge in [-0.05, 0) is 12.5 Å². The molecule has 0 spiro atoms. The van der Waals surface area contributed by atoms with Gasteiger partial charge in [0.05, 0.1) is 16.9 Å². The van der Waals surface area contributed by atoms with Crippen molar-refractivity contribution in [1.82, 2.24) is 0 Å². The van der Waals surface area contributed by atoms with Gasteiger partial charge in [0.2, 0.25) is 10.0 Å². The Morgan fingerprint density at radius 3 is 2.56 bits per heavy atom. The van der Waals surface area contributed by atoms with Crippen molar-refractivity contribution in [2.24, 2.45) is 0 Å². The molecule has 0 amide bonds. The molecule has 0 aliphatic carbocycles. The molecule has 0 heterocycles. The van der Waals surface area contributed by atoms with Gasteiger partial charge in [-0.2, -0.15) is 0 Å². The van der Waals surface area contributed by atoms with Crippen LogP contribution in [0.3, 0.4) is 0 Å². The third kappa shape index (κ3) is 3.69. The van der Waals surface area contributed by atoms with Crippen LogP contribution in [-0.4, -0.2) is 26.1 Å². The standard InChI is InChI=1S/C11H16N2O4S/c1-3-4-8-12(18(2,16)17)10-6-5-7-11(9-10)13(14)15/h5-7,9H,3-4,8H2,1-2H3. The summed E-state index contributed by atoms with van der Waals surface area (Å²) >= 11 is 0. The third-order valence-corrected chi connectivity index (χ3v) is 3.64. The highest BCUT2D eigenvalue weighted by Crippen LogP contribution is 2.23. The molecule has 100 valence electrons. The van der Waals surface area contributed by atoms with Crippen LogP contribution in [0.5, 0.6) is 0 Å². The fourth-order valence-corrected chi connectivity index (χ4v) is 2.51. The summed E-state index contributed by atoms with van der Waals surface area (Å²) < 4.78 is 24.5. The van der Waals surface area contributed by atoms with E-state index < -0.39 is 14.9 Å². The molecule has 0 aliphatic rings. The predicted octanol–water partition coefficient (Wildman–Crippen LogP) is 2.16. The Kier molecular flexibility index (Phi) is 4.66. The summed E-state index contributed by atoms with van der Waals surface area (Å²) in [6.45, 7) is 2.28. The number of unbranched alkanes of at least 4 members (excludes halogenated alkanes) is 1. The number of sulfonamides is 1. The lowest BCUT2D eigenvalue weighted by molar-refractivity contribution is -0.384. The summed E-state index contributed by atoms with van der Waals surface area (Å²) in [5, 5.41) is 10.7. The van der Waals surface area contributed by atoms with Crippen molar-refractivity contribution in [2.75, 3.05) is 17.1 Å². The number of nitro benzene ring substituents is 1. The van der Waals surface area contributed by atoms with Gasteiger partial charge in [0.1, 0.15) is 0 Å². The second kappa shape index (κ2) is 5.81. The smallest absolute Gasteiger partial charge is 0.270 e. The lowest BCUT2D eigenvalue weighted by atomic mass is 10.2. The molecule has 0 unspecified atom stereocenters. The molecule has 1 aromatic carbocycles. The van der Waals surface area contributed by atoms with Crippen LogP contribution in [0.25, 0.3) is 0 Å². The lowest BCUT2D eigenvalue weighted by Crippen LogP contribution is -2.30. The van der Waals surface area contributed by atoms with Crippen LogP contribution in [0.2, 0.25) is 0 Å². The minimum absolute atomic E-state index is 0.113. The third-order valence-electron chi connectivity index (χ3n) is 2.44. The van der Waals surface area contributed by atoms with Gasteiger partial charge < -0.3 is 0 Å². The Labute approximate surface area is 106 Å².